The van der Waals surface area contributed by atoms with Gasteiger partial charge in [-0.1, -0.05) is 0 Å². The van der Waals surface area contributed by atoms with Crippen molar-refractivity contribution in [2.45, 2.75) is 19.4 Å². The SMILES string of the molecule is O=[N+]([O-])c1cnc(C(F)F)c(CO)c1OC(F)(F)F. The predicted molar refractivity (Wildman–Crippen MR) is 48.5 cm³/mol. The van der Waals surface area contributed by atoms with Gasteiger partial charge in [-0.05, 0) is 0 Å². The maximum atomic E-state index is 12.5. The lowest BCUT2D eigenvalue weighted by atomic mass is 10.1. The van der Waals surface area contributed by atoms with Crippen molar-refractivity contribution in [3.05, 3.63) is 27.6 Å². The minimum absolute atomic E-state index is 0.210. The highest BCUT2D eigenvalue weighted by molar-refractivity contribution is 5.52. The molecule has 0 saturated heterocycles. The van der Waals surface area contributed by atoms with Gasteiger partial charge in [-0.3, -0.25) is 10.1 Å². The van der Waals surface area contributed by atoms with Crippen LogP contribution in [0.1, 0.15) is 17.7 Å². The van der Waals surface area contributed by atoms with E-state index in [-0.39, 0.29) is 6.20 Å². The van der Waals surface area contributed by atoms with Crippen LogP contribution in [0.25, 0.3) is 0 Å². The molecule has 1 heterocycles. The van der Waals surface area contributed by atoms with Gasteiger partial charge in [0.05, 0.1) is 17.1 Å². The predicted octanol–water partition coefficient (Wildman–Crippen LogP) is 2.32. The normalized spacial score (nSPS) is 11.7. The zero-order valence-corrected chi connectivity index (χ0v) is 8.82. The third kappa shape index (κ3) is 3.47. The molecule has 11 heteroatoms. The van der Waals surface area contributed by atoms with Crippen molar-refractivity contribution in [3.8, 4) is 5.75 Å². The van der Waals surface area contributed by atoms with Gasteiger partial charge >= 0.3 is 12.0 Å². The second kappa shape index (κ2) is 5.30. The summed E-state index contributed by atoms with van der Waals surface area (Å²) >= 11 is 0. The first kappa shape index (κ1) is 15.0. The monoisotopic (exact) mass is 288 g/mol. The van der Waals surface area contributed by atoms with E-state index in [1.54, 1.807) is 0 Å². The van der Waals surface area contributed by atoms with E-state index in [4.69, 9.17) is 5.11 Å². The molecule has 0 aliphatic carbocycles. The number of nitro groups is 1. The maximum absolute atomic E-state index is 12.5. The largest absolute Gasteiger partial charge is 0.573 e. The van der Waals surface area contributed by atoms with Crippen molar-refractivity contribution in [2.24, 2.45) is 0 Å². The van der Waals surface area contributed by atoms with Crippen LogP contribution in [0.2, 0.25) is 0 Å². The summed E-state index contributed by atoms with van der Waals surface area (Å²) in [5.41, 5.74) is -3.57. The lowest BCUT2D eigenvalue weighted by Crippen LogP contribution is -2.20. The van der Waals surface area contributed by atoms with E-state index in [0.29, 0.717) is 0 Å². The van der Waals surface area contributed by atoms with Gasteiger partial charge in [0.15, 0.2) is 0 Å². The van der Waals surface area contributed by atoms with Crippen LogP contribution in [0.4, 0.5) is 27.6 Å². The quantitative estimate of drug-likeness (QED) is 0.522. The minimum Gasteiger partial charge on any atom is -0.398 e. The van der Waals surface area contributed by atoms with E-state index in [9.17, 15) is 32.1 Å². The van der Waals surface area contributed by atoms with Crippen molar-refractivity contribution < 1.29 is 36.7 Å². The Morgan fingerprint density at radius 3 is 2.42 bits per heavy atom. The first-order chi connectivity index (χ1) is 8.67. The van der Waals surface area contributed by atoms with Gasteiger partial charge in [0.1, 0.15) is 11.9 Å². The Morgan fingerprint density at radius 1 is 1.47 bits per heavy atom. The molecule has 106 valence electrons. The molecule has 1 N–H and O–H groups in total. The van der Waals surface area contributed by atoms with Gasteiger partial charge < -0.3 is 9.84 Å². The molecule has 0 unspecified atom stereocenters. The van der Waals surface area contributed by atoms with Crippen LogP contribution >= 0.6 is 0 Å². The third-order valence-corrected chi connectivity index (χ3v) is 1.92. The average molecular weight is 288 g/mol. The highest BCUT2D eigenvalue weighted by Crippen LogP contribution is 2.38. The second-order valence-electron chi connectivity index (χ2n) is 3.10. The average Bonchev–Trinajstić information content (AvgIpc) is 2.25. The summed E-state index contributed by atoms with van der Waals surface area (Å²) in [6.45, 7) is -1.32. The second-order valence-corrected chi connectivity index (χ2v) is 3.10. The van der Waals surface area contributed by atoms with Crippen LogP contribution in [0.5, 0.6) is 5.75 Å². The zero-order chi connectivity index (χ0) is 14.8. The Kier molecular flexibility index (Phi) is 4.19. The molecule has 0 aliphatic rings. The molecule has 0 aliphatic heterocycles. The fraction of sp³-hybridized carbons (Fsp3) is 0.375. The van der Waals surface area contributed by atoms with Gasteiger partial charge in [0.25, 0.3) is 6.43 Å². The molecule has 1 rings (SSSR count). The topological polar surface area (TPSA) is 85.5 Å². The molecule has 0 saturated carbocycles. The van der Waals surface area contributed by atoms with E-state index in [2.05, 4.69) is 9.72 Å². The number of ether oxygens (including phenoxy) is 1. The fourth-order valence-corrected chi connectivity index (χ4v) is 1.24. The minimum atomic E-state index is -5.34. The molecular formula is C8H5F5N2O4. The lowest BCUT2D eigenvalue weighted by molar-refractivity contribution is -0.389. The summed E-state index contributed by atoms with van der Waals surface area (Å²) < 4.78 is 64.6. The van der Waals surface area contributed by atoms with E-state index in [0.717, 1.165) is 0 Å². The van der Waals surface area contributed by atoms with E-state index >= 15 is 0 Å². The molecule has 1 aromatic rings. The van der Waals surface area contributed by atoms with Crippen LogP contribution in [0.15, 0.2) is 6.20 Å². The van der Waals surface area contributed by atoms with E-state index in [1.165, 1.54) is 0 Å². The standard InChI is InChI=1S/C8H5F5N2O4/c9-7(10)5-3(2-16)6(19-8(11,12)13)4(1-14-5)15(17)18/h1,7,16H,2H2. The number of aromatic nitrogens is 1. The Labute approximate surface area is 101 Å². The summed E-state index contributed by atoms with van der Waals surface area (Å²) in [5, 5.41) is 19.3. The molecule has 0 bridgehead atoms. The third-order valence-electron chi connectivity index (χ3n) is 1.92. The number of pyridine rings is 1. The number of halogens is 5. The highest BCUT2D eigenvalue weighted by atomic mass is 19.4. The Hall–Kier alpha value is -2.04. The number of aliphatic hydroxyl groups excluding tert-OH is 1. The van der Waals surface area contributed by atoms with Crippen molar-refractivity contribution in [1.82, 2.24) is 4.98 Å². The lowest BCUT2D eigenvalue weighted by Gasteiger charge is -2.14. The molecule has 19 heavy (non-hydrogen) atoms. The van der Waals surface area contributed by atoms with E-state index in [1.807, 2.05) is 0 Å². The Balaban J connectivity index is 3.50. The van der Waals surface area contributed by atoms with E-state index < -0.39 is 47.0 Å². The number of hydrogen-bond acceptors (Lipinski definition) is 5. The smallest absolute Gasteiger partial charge is 0.398 e. The van der Waals surface area contributed by atoms with Crippen LogP contribution in [0.3, 0.4) is 0 Å². The van der Waals surface area contributed by atoms with Gasteiger partial charge in [0, 0.05) is 0 Å². The number of alkyl halides is 5. The van der Waals surface area contributed by atoms with Gasteiger partial charge in [-0.2, -0.15) is 0 Å². The summed E-state index contributed by atoms with van der Waals surface area (Å²) in [6, 6.07) is 0. The molecule has 0 atom stereocenters. The van der Waals surface area contributed by atoms with Crippen molar-refractivity contribution in [1.29, 1.82) is 0 Å². The molecule has 0 fully saturated rings. The van der Waals surface area contributed by atoms with Gasteiger partial charge in [-0.25, -0.2) is 13.8 Å². The first-order valence-electron chi connectivity index (χ1n) is 4.48. The van der Waals surface area contributed by atoms with Crippen molar-refractivity contribution in [2.75, 3.05) is 0 Å². The molecule has 6 nitrogen and oxygen atoms in total. The molecule has 1 aromatic heterocycles. The number of hydrogen-bond donors (Lipinski definition) is 1. The Morgan fingerprint density at radius 2 is 2.05 bits per heavy atom. The summed E-state index contributed by atoms with van der Waals surface area (Å²) in [4.78, 5) is 12.2. The molecule has 0 amide bonds. The fourth-order valence-electron chi connectivity index (χ4n) is 1.24. The molecular weight excluding hydrogens is 283 g/mol. The first-order valence-corrected chi connectivity index (χ1v) is 4.48. The Bertz CT molecular complexity index is 491. The van der Waals surface area contributed by atoms with Gasteiger partial charge in [-0.15, -0.1) is 13.2 Å². The van der Waals surface area contributed by atoms with Crippen LogP contribution in [0, 0.1) is 10.1 Å². The van der Waals surface area contributed by atoms with Crippen LogP contribution in [-0.2, 0) is 6.61 Å². The molecule has 0 spiro atoms. The number of rotatable bonds is 4. The van der Waals surface area contributed by atoms with Crippen LogP contribution < -0.4 is 4.74 Å². The number of aliphatic hydroxyl groups is 1. The van der Waals surface area contributed by atoms with Crippen LogP contribution in [-0.4, -0.2) is 21.4 Å². The summed E-state index contributed by atoms with van der Waals surface area (Å²) in [6.07, 6.45) is -8.45. The van der Waals surface area contributed by atoms with Crippen molar-refractivity contribution >= 4 is 5.69 Å². The molecule has 0 radical (unpaired) electrons. The highest BCUT2D eigenvalue weighted by Gasteiger charge is 2.37. The zero-order valence-electron chi connectivity index (χ0n) is 8.82. The van der Waals surface area contributed by atoms with Gasteiger partial charge in [0.2, 0.25) is 5.75 Å². The molecule has 0 aromatic carbocycles. The van der Waals surface area contributed by atoms with Crippen molar-refractivity contribution in [3.63, 3.8) is 0 Å². The number of nitrogens with zero attached hydrogens (tertiary/aromatic N) is 2. The summed E-state index contributed by atoms with van der Waals surface area (Å²) in [7, 11) is 0. The maximum Gasteiger partial charge on any atom is 0.573 e. The summed E-state index contributed by atoms with van der Waals surface area (Å²) in [5.74, 6) is -1.50.